The van der Waals surface area contributed by atoms with Gasteiger partial charge in [0.15, 0.2) is 11.6 Å². The summed E-state index contributed by atoms with van der Waals surface area (Å²) < 4.78 is 38.1. The molecule has 23 heavy (non-hydrogen) atoms. The van der Waals surface area contributed by atoms with Crippen LogP contribution >= 0.6 is 0 Å². The van der Waals surface area contributed by atoms with Gasteiger partial charge in [-0.2, -0.15) is 4.98 Å². The normalized spacial score (nSPS) is 18.5. The van der Waals surface area contributed by atoms with Crippen LogP contribution in [0.2, 0.25) is 0 Å². The van der Waals surface area contributed by atoms with Crippen molar-refractivity contribution in [2.75, 3.05) is 49.5 Å². The Morgan fingerprint density at radius 2 is 2.13 bits per heavy atom. The van der Waals surface area contributed by atoms with Crippen molar-refractivity contribution in [1.82, 2.24) is 14.9 Å². The number of nitrogens with one attached hydrogen (secondary N) is 1. The van der Waals surface area contributed by atoms with Crippen LogP contribution in [0.1, 0.15) is 13.8 Å². The van der Waals surface area contributed by atoms with Gasteiger partial charge in [0.25, 0.3) is 6.43 Å². The van der Waals surface area contributed by atoms with Crippen LogP contribution in [0, 0.1) is 5.82 Å². The number of β-amino-alcohol motifs (C(OH)–C–C–N with tert-alkyl or cyclic N) is 1. The van der Waals surface area contributed by atoms with Crippen LogP contribution in [-0.2, 0) is 0 Å². The Bertz CT molecular complexity index is 529. The smallest absolute Gasteiger partial charge is 0.255 e. The van der Waals surface area contributed by atoms with E-state index in [1.54, 1.807) is 0 Å². The maximum absolute atomic E-state index is 13.6. The first kappa shape index (κ1) is 17.7. The Hall–Kier alpha value is -1.61. The number of piperazine rings is 1. The zero-order chi connectivity index (χ0) is 17.0. The molecule has 0 saturated carbocycles. The molecule has 2 rings (SSSR count). The molecule has 1 aliphatic heterocycles. The molecule has 0 amide bonds. The Morgan fingerprint density at radius 1 is 1.39 bits per heavy atom. The second kappa shape index (κ2) is 7.31. The number of rotatable bonds is 6. The molecule has 1 aliphatic rings. The summed E-state index contributed by atoms with van der Waals surface area (Å²) in [6, 6.07) is 0. The predicted octanol–water partition coefficient (Wildman–Crippen LogP) is 1.19. The minimum atomic E-state index is -2.59. The molecular weight excluding hydrogens is 311 g/mol. The summed E-state index contributed by atoms with van der Waals surface area (Å²) in [6.45, 7) is 5.97. The lowest BCUT2D eigenvalue weighted by Crippen LogP contribution is -2.60. The van der Waals surface area contributed by atoms with Gasteiger partial charge in [0.05, 0.1) is 19.3 Å². The largest absolute Gasteiger partial charge is 0.395 e. The average Bonchev–Trinajstić information content (AvgIpc) is 2.48. The van der Waals surface area contributed by atoms with E-state index >= 15 is 0 Å². The van der Waals surface area contributed by atoms with E-state index in [2.05, 4.69) is 20.2 Å². The molecule has 0 spiro atoms. The van der Waals surface area contributed by atoms with Crippen LogP contribution in [0.25, 0.3) is 0 Å². The van der Waals surface area contributed by atoms with Crippen LogP contribution in [0.3, 0.4) is 0 Å². The minimum Gasteiger partial charge on any atom is -0.395 e. The first-order chi connectivity index (χ1) is 10.8. The van der Waals surface area contributed by atoms with Gasteiger partial charge in [-0.3, -0.25) is 4.90 Å². The molecule has 1 aromatic rings. The summed E-state index contributed by atoms with van der Waals surface area (Å²) in [5.74, 6) is -0.668. The van der Waals surface area contributed by atoms with Crippen molar-refractivity contribution >= 4 is 11.8 Å². The molecular formula is C14H22F3N5O. The van der Waals surface area contributed by atoms with Gasteiger partial charge in [0.1, 0.15) is 0 Å². The van der Waals surface area contributed by atoms with Crippen molar-refractivity contribution in [3.8, 4) is 0 Å². The molecule has 1 fully saturated rings. The number of aliphatic hydroxyl groups excluding tert-OH is 1. The molecule has 0 unspecified atom stereocenters. The molecule has 1 saturated heterocycles. The van der Waals surface area contributed by atoms with E-state index in [9.17, 15) is 13.2 Å². The highest BCUT2D eigenvalue weighted by atomic mass is 19.3. The van der Waals surface area contributed by atoms with Gasteiger partial charge in [0, 0.05) is 31.7 Å². The van der Waals surface area contributed by atoms with Gasteiger partial charge < -0.3 is 15.3 Å². The number of halogens is 3. The second-order valence-corrected chi connectivity index (χ2v) is 6.08. The zero-order valence-corrected chi connectivity index (χ0v) is 13.3. The maximum atomic E-state index is 13.6. The van der Waals surface area contributed by atoms with E-state index < -0.39 is 18.8 Å². The van der Waals surface area contributed by atoms with Crippen molar-refractivity contribution < 1.29 is 18.3 Å². The van der Waals surface area contributed by atoms with Crippen LogP contribution in [0.4, 0.5) is 24.9 Å². The predicted molar refractivity (Wildman–Crippen MR) is 81.4 cm³/mol. The van der Waals surface area contributed by atoms with Gasteiger partial charge in [-0.15, -0.1) is 0 Å². The number of anilines is 2. The monoisotopic (exact) mass is 333 g/mol. The molecule has 130 valence electrons. The van der Waals surface area contributed by atoms with Gasteiger partial charge in [-0.25, -0.2) is 18.2 Å². The highest BCUT2D eigenvalue weighted by Crippen LogP contribution is 2.24. The van der Waals surface area contributed by atoms with E-state index in [0.717, 1.165) is 6.20 Å². The quantitative estimate of drug-likeness (QED) is 0.815. The lowest BCUT2D eigenvalue weighted by Gasteiger charge is -2.47. The van der Waals surface area contributed by atoms with Crippen molar-refractivity contribution in [3.05, 3.63) is 12.0 Å². The molecule has 0 atom stereocenters. The third kappa shape index (κ3) is 4.44. The SMILES string of the molecule is CC1(C)CN(c2ncc(F)c(NCC(F)F)n2)CCN1CCO. The Morgan fingerprint density at radius 3 is 2.74 bits per heavy atom. The topological polar surface area (TPSA) is 64.5 Å². The van der Waals surface area contributed by atoms with Crippen LogP contribution in [0.5, 0.6) is 0 Å². The van der Waals surface area contributed by atoms with Crippen LogP contribution in [0.15, 0.2) is 6.20 Å². The zero-order valence-electron chi connectivity index (χ0n) is 13.3. The van der Waals surface area contributed by atoms with E-state index in [1.165, 1.54) is 0 Å². The molecule has 0 aromatic carbocycles. The third-order valence-electron chi connectivity index (χ3n) is 3.88. The molecule has 1 aromatic heterocycles. The number of aliphatic hydroxyl groups is 1. The van der Waals surface area contributed by atoms with Gasteiger partial charge >= 0.3 is 0 Å². The van der Waals surface area contributed by atoms with Crippen molar-refractivity contribution in [3.63, 3.8) is 0 Å². The van der Waals surface area contributed by atoms with Crippen molar-refractivity contribution in [1.29, 1.82) is 0 Å². The second-order valence-electron chi connectivity index (χ2n) is 6.08. The van der Waals surface area contributed by atoms with Crippen molar-refractivity contribution in [2.45, 2.75) is 25.8 Å². The summed E-state index contributed by atoms with van der Waals surface area (Å²) in [5, 5.41) is 11.4. The maximum Gasteiger partial charge on any atom is 0.255 e. The summed E-state index contributed by atoms with van der Waals surface area (Å²) in [7, 11) is 0. The standard InChI is InChI=1S/C14H22F3N5O/c1-14(2)9-21(3-4-22(14)5-6-23)13-19-7-10(15)12(20-13)18-8-11(16)17/h7,11,23H,3-6,8-9H2,1-2H3,(H,18,19,20). The highest BCUT2D eigenvalue weighted by molar-refractivity contribution is 5.43. The number of alkyl halides is 2. The Labute approximate surface area is 133 Å². The number of hydrogen-bond donors (Lipinski definition) is 2. The van der Waals surface area contributed by atoms with E-state index in [0.29, 0.717) is 32.1 Å². The van der Waals surface area contributed by atoms with Gasteiger partial charge in [0.2, 0.25) is 5.95 Å². The first-order valence-corrected chi connectivity index (χ1v) is 7.49. The molecule has 0 bridgehead atoms. The Balaban J connectivity index is 2.11. The van der Waals surface area contributed by atoms with Gasteiger partial charge in [-0.05, 0) is 13.8 Å². The molecule has 2 heterocycles. The fourth-order valence-corrected chi connectivity index (χ4v) is 2.70. The lowest BCUT2D eigenvalue weighted by atomic mass is 9.99. The van der Waals surface area contributed by atoms with Crippen molar-refractivity contribution in [2.24, 2.45) is 0 Å². The summed E-state index contributed by atoms with van der Waals surface area (Å²) in [5.41, 5.74) is -0.213. The Kier molecular flexibility index (Phi) is 5.64. The molecule has 0 aliphatic carbocycles. The summed E-state index contributed by atoms with van der Waals surface area (Å²) in [4.78, 5) is 12.0. The summed E-state index contributed by atoms with van der Waals surface area (Å²) in [6.07, 6.45) is -1.60. The minimum absolute atomic E-state index is 0.0815. The van der Waals surface area contributed by atoms with Gasteiger partial charge in [-0.1, -0.05) is 0 Å². The molecule has 0 radical (unpaired) electrons. The number of aromatic nitrogens is 2. The highest BCUT2D eigenvalue weighted by Gasteiger charge is 2.34. The van der Waals surface area contributed by atoms with E-state index in [4.69, 9.17) is 5.11 Å². The van der Waals surface area contributed by atoms with Crippen LogP contribution < -0.4 is 10.2 Å². The third-order valence-corrected chi connectivity index (χ3v) is 3.88. The first-order valence-electron chi connectivity index (χ1n) is 7.49. The summed E-state index contributed by atoms with van der Waals surface area (Å²) >= 11 is 0. The lowest BCUT2D eigenvalue weighted by molar-refractivity contribution is 0.0807. The fourth-order valence-electron chi connectivity index (χ4n) is 2.70. The fraction of sp³-hybridized carbons (Fsp3) is 0.714. The van der Waals surface area contributed by atoms with E-state index in [1.807, 2.05) is 18.7 Å². The molecule has 6 nitrogen and oxygen atoms in total. The average molecular weight is 333 g/mol. The van der Waals surface area contributed by atoms with E-state index in [-0.39, 0.29) is 18.0 Å². The molecule has 9 heteroatoms. The number of hydrogen-bond acceptors (Lipinski definition) is 6. The molecule has 2 N–H and O–H groups in total. The number of nitrogens with zero attached hydrogens (tertiary/aromatic N) is 4. The van der Waals surface area contributed by atoms with Crippen LogP contribution in [-0.4, -0.2) is 71.3 Å².